The maximum atomic E-state index is 13.0. The maximum Gasteiger partial charge on any atom is 0.257 e. The number of methoxy groups -OCH3 is 2. The molecule has 1 saturated heterocycles. The molecule has 1 spiro atoms. The topological polar surface area (TPSA) is 130 Å². The monoisotopic (exact) mass is 480 g/mol. The number of carbonyl (C=O) groups is 1. The number of ether oxygens (including phenoxy) is 2. The Morgan fingerprint density at radius 1 is 1.23 bits per heavy atom. The molecule has 2 aliphatic carbocycles. The molecule has 0 radical (unpaired) electrons. The first kappa shape index (κ1) is 22.5. The SMILES string of the molecule is COc1ccc2c(c1)[C@]1(C[C@H]1C1CCC3C(C1)NNC3Nc1ncc(CCO)nc1OC)C(=O)N2. The third-order valence-corrected chi connectivity index (χ3v) is 8.39. The van der Waals surface area contributed by atoms with E-state index in [0.29, 0.717) is 47.6 Å². The Balaban J connectivity index is 1.13. The number of hydrogen-bond donors (Lipinski definition) is 5. The number of carbonyl (C=O) groups excluding carboxylic acids is 1. The first-order valence-electron chi connectivity index (χ1n) is 12.4. The van der Waals surface area contributed by atoms with Gasteiger partial charge in [-0.15, -0.1) is 0 Å². The summed E-state index contributed by atoms with van der Waals surface area (Å²) in [5, 5.41) is 15.7. The van der Waals surface area contributed by atoms with Crippen molar-refractivity contribution in [1.82, 2.24) is 20.8 Å². The third kappa shape index (κ3) is 3.62. The van der Waals surface area contributed by atoms with Crippen molar-refractivity contribution in [3.05, 3.63) is 35.7 Å². The summed E-state index contributed by atoms with van der Waals surface area (Å²) in [7, 11) is 3.24. The number of anilines is 2. The van der Waals surface area contributed by atoms with Crippen LogP contribution in [0.4, 0.5) is 11.5 Å². The van der Waals surface area contributed by atoms with Gasteiger partial charge in [0.2, 0.25) is 5.91 Å². The summed E-state index contributed by atoms with van der Waals surface area (Å²) in [5.74, 6) is 3.18. The molecule has 4 unspecified atom stereocenters. The summed E-state index contributed by atoms with van der Waals surface area (Å²) in [4.78, 5) is 22.0. The minimum absolute atomic E-state index is 0.000714. The maximum absolute atomic E-state index is 13.0. The number of amides is 1. The normalized spacial score (nSPS) is 32.7. The average molecular weight is 481 g/mol. The molecule has 35 heavy (non-hydrogen) atoms. The van der Waals surface area contributed by atoms with E-state index in [-0.39, 0.29) is 18.7 Å². The van der Waals surface area contributed by atoms with Crippen LogP contribution in [0.2, 0.25) is 0 Å². The molecule has 1 aromatic heterocycles. The Kier molecular flexibility index (Phi) is 5.54. The molecule has 0 bridgehead atoms. The lowest BCUT2D eigenvalue weighted by atomic mass is 9.74. The van der Waals surface area contributed by atoms with Gasteiger partial charge in [0.15, 0.2) is 5.82 Å². The van der Waals surface area contributed by atoms with Crippen LogP contribution < -0.4 is 31.0 Å². The number of benzene rings is 1. The molecule has 5 N–H and O–H groups in total. The molecule has 1 amide bonds. The van der Waals surface area contributed by atoms with Gasteiger partial charge in [-0.2, -0.15) is 0 Å². The fourth-order valence-electron chi connectivity index (χ4n) is 6.55. The molecular weight excluding hydrogens is 448 g/mol. The van der Waals surface area contributed by atoms with Crippen LogP contribution in [0.5, 0.6) is 11.6 Å². The Labute approximate surface area is 204 Å². The minimum atomic E-state index is -0.398. The Morgan fingerprint density at radius 3 is 2.91 bits per heavy atom. The van der Waals surface area contributed by atoms with Gasteiger partial charge in [0.1, 0.15) is 5.75 Å². The standard InChI is InChI=1S/C25H32N6O4/c1-34-15-4-6-19-17(10-15)25(24(33)28-19)11-18(25)13-3-5-16-20(9-13)30-31-21(16)29-22-23(35-2)27-14(7-8-32)12-26-22/h4,6,10,12-13,16,18,20-21,30-32H,3,5,7-9,11H2,1-2H3,(H,26,29)(H,28,33)/t13?,16?,18-,20?,21?,25-/m0/s1. The molecule has 2 saturated carbocycles. The van der Waals surface area contributed by atoms with Gasteiger partial charge in [-0.05, 0) is 61.3 Å². The smallest absolute Gasteiger partial charge is 0.257 e. The second-order valence-corrected chi connectivity index (χ2v) is 10.1. The van der Waals surface area contributed by atoms with Crippen LogP contribution in [0.1, 0.15) is 36.9 Å². The molecule has 3 heterocycles. The number of aromatic nitrogens is 2. The van der Waals surface area contributed by atoms with E-state index in [1.807, 2.05) is 18.2 Å². The summed E-state index contributed by atoms with van der Waals surface area (Å²) < 4.78 is 10.9. The first-order valence-corrected chi connectivity index (χ1v) is 12.4. The van der Waals surface area contributed by atoms with Crippen LogP contribution in [0.15, 0.2) is 24.4 Å². The molecule has 186 valence electrons. The number of nitrogens with zero attached hydrogens (tertiary/aromatic N) is 2. The lowest BCUT2D eigenvalue weighted by Crippen LogP contribution is -2.39. The van der Waals surface area contributed by atoms with Gasteiger partial charge in [-0.25, -0.2) is 15.4 Å². The summed E-state index contributed by atoms with van der Waals surface area (Å²) in [6.45, 7) is 0.0205. The molecule has 2 aromatic rings. The van der Waals surface area contributed by atoms with Gasteiger partial charge < -0.3 is 25.2 Å². The third-order valence-electron chi connectivity index (χ3n) is 8.39. The van der Waals surface area contributed by atoms with E-state index in [2.05, 4.69) is 31.5 Å². The van der Waals surface area contributed by atoms with Gasteiger partial charge >= 0.3 is 0 Å². The van der Waals surface area contributed by atoms with Crippen LogP contribution >= 0.6 is 0 Å². The highest BCUT2D eigenvalue weighted by Crippen LogP contribution is 2.65. The molecule has 1 aromatic carbocycles. The molecule has 4 aliphatic rings. The van der Waals surface area contributed by atoms with Crippen LogP contribution in [-0.2, 0) is 16.6 Å². The highest BCUT2D eigenvalue weighted by atomic mass is 16.5. The van der Waals surface area contributed by atoms with Crippen molar-refractivity contribution in [1.29, 1.82) is 0 Å². The quantitative estimate of drug-likeness (QED) is 0.401. The van der Waals surface area contributed by atoms with E-state index in [1.54, 1.807) is 20.4 Å². The minimum Gasteiger partial charge on any atom is -0.497 e. The van der Waals surface area contributed by atoms with Crippen molar-refractivity contribution in [3.63, 3.8) is 0 Å². The molecule has 10 nitrogen and oxygen atoms in total. The zero-order valence-corrected chi connectivity index (χ0v) is 20.0. The van der Waals surface area contributed by atoms with Crippen LogP contribution in [0, 0.1) is 17.8 Å². The molecule has 6 atom stereocenters. The number of hydrogen-bond acceptors (Lipinski definition) is 9. The van der Waals surface area contributed by atoms with Crippen LogP contribution in [0.25, 0.3) is 0 Å². The second kappa shape index (κ2) is 8.61. The highest BCUT2D eigenvalue weighted by Gasteiger charge is 2.67. The summed E-state index contributed by atoms with van der Waals surface area (Å²) in [6, 6.07) is 6.21. The molecule has 6 rings (SSSR count). The number of aliphatic hydroxyl groups is 1. The fraction of sp³-hybridized carbons (Fsp3) is 0.560. The van der Waals surface area contributed by atoms with Crippen molar-refractivity contribution in [3.8, 4) is 11.6 Å². The molecule has 2 aliphatic heterocycles. The summed E-state index contributed by atoms with van der Waals surface area (Å²) in [6.07, 6.45) is 6.17. The van der Waals surface area contributed by atoms with Crippen molar-refractivity contribution in [2.45, 2.75) is 49.7 Å². The molecular formula is C25H32N6O4. The van der Waals surface area contributed by atoms with E-state index >= 15 is 0 Å². The number of aliphatic hydroxyl groups excluding tert-OH is 1. The van der Waals surface area contributed by atoms with E-state index in [4.69, 9.17) is 14.6 Å². The van der Waals surface area contributed by atoms with Gasteiger partial charge in [-0.1, -0.05) is 0 Å². The van der Waals surface area contributed by atoms with E-state index < -0.39 is 5.41 Å². The lowest BCUT2D eigenvalue weighted by Gasteiger charge is -2.34. The van der Waals surface area contributed by atoms with Crippen molar-refractivity contribution in [2.24, 2.45) is 17.8 Å². The molecule has 3 fully saturated rings. The first-order chi connectivity index (χ1) is 17.1. The fourth-order valence-corrected chi connectivity index (χ4v) is 6.55. The van der Waals surface area contributed by atoms with Crippen LogP contribution in [-0.4, -0.2) is 54.0 Å². The van der Waals surface area contributed by atoms with E-state index in [9.17, 15) is 4.79 Å². The van der Waals surface area contributed by atoms with Crippen LogP contribution in [0.3, 0.4) is 0 Å². The largest absolute Gasteiger partial charge is 0.497 e. The lowest BCUT2D eigenvalue weighted by molar-refractivity contribution is -0.118. The van der Waals surface area contributed by atoms with Gasteiger partial charge in [-0.3, -0.25) is 10.2 Å². The number of fused-ring (bicyclic) bond motifs is 3. The highest BCUT2D eigenvalue weighted by molar-refractivity contribution is 6.09. The number of nitrogens with one attached hydrogen (secondary N) is 4. The van der Waals surface area contributed by atoms with Gasteiger partial charge in [0.25, 0.3) is 5.88 Å². The Hall–Kier alpha value is -2.95. The summed E-state index contributed by atoms with van der Waals surface area (Å²) in [5.41, 5.74) is 9.20. The zero-order chi connectivity index (χ0) is 24.2. The number of rotatable bonds is 7. The van der Waals surface area contributed by atoms with Gasteiger partial charge in [0, 0.05) is 30.7 Å². The van der Waals surface area contributed by atoms with Gasteiger partial charge in [0.05, 0.1) is 37.7 Å². The zero-order valence-electron chi connectivity index (χ0n) is 20.0. The molecule has 10 heteroatoms. The Morgan fingerprint density at radius 2 is 2.11 bits per heavy atom. The second-order valence-electron chi connectivity index (χ2n) is 10.1. The van der Waals surface area contributed by atoms with Crippen molar-refractivity contribution < 1.29 is 19.4 Å². The van der Waals surface area contributed by atoms with Crippen molar-refractivity contribution in [2.75, 3.05) is 31.5 Å². The predicted octanol–water partition coefficient (Wildman–Crippen LogP) is 1.57. The predicted molar refractivity (Wildman–Crippen MR) is 129 cm³/mol. The van der Waals surface area contributed by atoms with Crippen molar-refractivity contribution >= 4 is 17.4 Å². The number of hydrazine groups is 1. The van der Waals surface area contributed by atoms with E-state index in [1.165, 1.54) is 0 Å². The summed E-state index contributed by atoms with van der Waals surface area (Å²) >= 11 is 0. The van der Waals surface area contributed by atoms with E-state index in [0.717, 1.165) is 42.7 Å². The average Bonchev–Trinajstić information content (AvgIpc) is 3.43. The Bertz CT molecular complexity index is 1140.